The van der Waals surface area contributed by atoms with E-state index in [0.29, 0.717) is 6.42 Å². The molecule has 0 saturated heterocycles. The van der Waals surface area contributed by atoms with Crippen LogP contribution in [0.25, 0.3) is 0 Å². The first kappa shape index (κ1) is 6.75. The first-order valence-electron chi connectivity index (χ1n) is 3.24. The summed E-state index contributed by atoms with van der Waals surface area (Å²) in [5.41, 5.74) is 0. The Morgan fingerprint density at radius 1 is 1.78 bits per heavy atom. The monoisotopic (exact) mass is 127 g/mol. The van der Waals surface area contributed by atoms with E-state index in [9.17, 15) is 4.79 Å². The molecule has 1 aliphatic rings. The van der Waals surface area contributed by atoms with Crippen molar-refractivity contribution < 1.29 is 9.90 Å². The van der Waals surface area contributed by atoms with E-state index in [1.165, 1.54) is 0 Å². The molecule has 0 heterocycles. The van der Waals surface area contributed by atoms with E-state index in [2.05, 4.69) is 0 Å². The van der Waals surface area contributed by atoms with Gasteiger partial charge in [0.05, 0.1) is 6.10 Å². The van der Waals surface area contributed by atoms with Crippen LogP contribution in [0.2, 0.25) is 0 Å². The summed E-state index contributed by atoms with van der Waals surface area (Å²) in [6.45, 7) is 1.95. The highest BCUT2D eigenvalue weighted by Gasteiger charge is 2.23. The van der Waals surface area contributed by atoms with E-state index in [1.807, 2.05) is 6.92 Å². The molecule has 51 valence electrons. The van der Waals surface area contributed by atoms with Gasteiger partial charge < -0.3 is 5.11 Å². The normalized spacial score (nSPS) is 36.9. The van der Waals surface area contributed by atoms with E-state index in [-0.39, 0.29) is 11.7 Å². The van der Waals surface area contributed by atoms with E-state index in [1.54, 1.807) is 6.42 Å². The average Bonchev–Trinajstić information content (AvgIpc) is 1.80. The number of ketones is 1. The molecule has 9 heavy (non-hydrogen) atoms. The van der Waals surface area contributed by atoms with Crippen LogP contribution in [-0.2, 0) is 4.79 Å². The highest BCUT2D eigenvalue weighted by atomic mass is 16.3. The first-order chi connectivity index (χ1) is 4.20. The van der Waals surface area contributed by atoms with Crippen LogP contribution in [0.3, 0.4) is 0 Å². The van der Waals surface area contributed by atoms with Crippen LogP contribution in [0.5, 0.6) is 0 Å². The zero-order valence-electron chi connectivity index (χ0n) is 5.50. The van der Waals surface area contributed by atoms with Gasteiger partial charge in [0.25, 0.3) is 0 Å². The molecule has 1 fully saturated rings. The topological polar surface area (TPSA) is 37.3 Å². The lowest BCUT2D eigenvalue weighted by Gasteiger charge is -2.22. The van der Waals surface area contributed by atoms with Gasteiger partial charge in [0.2, 0.25) is 0 Å². The van der Waals surface area contributed by atoms with Crippen LogP contribution in [0, 0.1) is 12.3 Å². The van der Waals surface area contributed by atoms with E-state index < -0.39 is 6.10 Å². The fraction of sp³-hybridized carbons (Fsp3) is 0.714. The van der Waals surface area contributed by atoms with Crippen molar-refractivity contribution >= 4 is 5.78 Å². The third kappa shape index (κ3) is 1.52. The zero-order chi connectivity index (χ0) is 6.85. The van der Waals surface area contributed by atoms with Crippen LogP contribution in [0.15, 0.2) is 0 Å². The number of aliphatic hydroxyl groups is 1. The van der Waals surface area contributed by atoms with Crippen LogP contribution in [-0.4, -0.2) is 17.0 Å². The Hall–Kier alpha value is -0.370. The molecule has 1 N–H and O–H groups in total. The fourth-order valence-corrected chi connectivity index (χ4v) is 0.965. The van der Waals surface area contributed by atoms with Gasteiger partial charge in [-0.25, -0.2) is 0 Å². The molecule has 0 spiro atoms. The average molecular weight is 127 g/mol. The maximum absolute atomic E-state index is 10.6. The van der Waals surface area contributed by atoms with Crippen molar-refractivity contribution in [2.24, 2.45) is 5.92 Å². The molecule has 0 amide bonds. The number of hydrogen-bond donors (Lipinski definition) is 1. The molecule has 1 radical (unpaired) electrons. The molecule has 2 nitrogen and oxygen atoms in total. The Bertz CT molecular complexity index is 120. The summed E-state index contributed by atoms with van der Waals surface area (Å²) in [6, 6.07) is 0. The Labute approximate surface area is 54.9 Å². The molecule has 1 rings (SSSR count). The van der Waals surface area contributed by atoms with Crippen LogP contribution in [0.1, 0.15) is 19.8 Å². The number of Topliss-reactive ketones (excluding diaryl/α,β-unsaturated/α-hetero) is 1. The molecule has 2 atom stereocenters. The van der Waals surface area contributed by atoms with Crippen molar-refractivity contribution in [1.29, 1.82) is 0 Å². The predicted molar refractivity (Wildman–Crippen MR) is 33.7 cm³/mol. The molecule has 0 aromatic rings. The van der Waals surface area contributed by atoms with Gasteiger partial charge in [-0.2, -0.15) is 0 Å². The zero-order valence-corrected chi connectivity index (χ0v) is 5.50. The van der Waals surface area contributed by atoms with Crippen molar-refractivity contribution in [3.63, 3.8) is 0 Å². The van der Waals surface area contributed by atoms with Gasteiger partial charge in [0, 0.05) is 12.8 Å². The van der Waals surface area contributed by atoms with Gasteiger partial charge in [0.1, 0.15) is 5.78 Å². The Morgan fingerprint density at radius 2 is 2.44 bits per heavy atom. The number of rotatable bonds is 0. The smallest absolute Gasteiger partial charge is 0.139 e. The summed E-state index contributed by atoms with van der Waals surface area (Å²) in [4.78, 5) is 10.6. The SMILES string of the molecule is CC1C[CH]C(=O)CC1O. The van der Waals surface area contributed by atoms with Crippen molar-refractivity contribution in [1.82, 2.24) is 0 Å². The van der Waals surface area contributed by atoms with E-state index in [0.717, 1.165) is 6.42 Å². The molecule has 0 aliphatic heterocycles. The van der Waals surface area contributed by atoms with Gasteiger partial charge in [-0.1, -0.05) is 6.92 Å². The Kier molecular flexibility index (Phi) is 1.86. The van der Waals surface area contributed by atoms with Crippen LogP contribution in [0.4, 0.5) is 0 Å². The fourth-order valence-electron chi connectivity index (χ4n) is 0.965. The number of aliphatic hydroxyl groups excluding tert-OH is 1. The lowest BCUT2D eigenvalue weighted by atomic mass is 9.87. The Morgan fingerprint density at radius 3 is 2.89 bits per heavy atom. The molecular formula is C7H11O2. The summed E-state index contributed by atoms with van der Waals surface area (Å²) < 4.78 is 0. The number of hydrogen-bond acceptors (Lipinski definition) is 2. The number of carbonyl (C=O) groups is 1. The molecule has 2 unspecified atom stereocenters. The second kappa shape index (κ2) is 2.48. The van der Waals surface area contributed by atoms with Gasteiger partial charge in [-0.15, -0.1) is 0 Å². The lowest BCUT2D eigenvalue weighted by molar-refractivity contribution is -0.120. The summed E-state index contributed by atoms with van der Waals surface area (Å²) in [5, 5.41) is 9.11. The quantitative estimate of drug-likeness (QED) is 0.516. The third-order valence-electron chi connectivity index (χ3n) is 1.78. The number of carbonyl (C=O) groups excluding carboxylic acids is 1. The second-order valence-electron chi connectivity index (χ2n) is 2.65. The summed E-state index contributed by atoms with van der Waals surface area (Å²) >= 11 is 0. The largest absolute Gasteiger partial charge is 0.392 e. The summed E-state index contributed by atoms with van der Waals surface area (Å²) in [5.74, 6) is 0.350. The van der Waals surface area contributed by atoms with Gasteiger partial charge >= 0.3 is 0 Å². The predicted octanol–water partition coefficient (Wildman–Crippen LogP) is 0.551. The maximum Gasteiger partial charge on any atom is 0.139 e. The molecule has 1 saturated carbocycles. The van der Waals surface area contributed by atoms with Crippen molar-refractivity contribution in [3.05, 3.63) is 6.42 Å². The lowest BCUT2D eigenvalue weighted by Crippen LogP contribution is -2.27. The second-order valence-corrected chi connectivity index (χ2v) is 2.65. The minimum Gasteiger partial charge on any atom is -0.392 e. The maximum atomic E-state index is 10.6. The molecule has 0 aromatic heterocycles. The molecule has 0 aromatic carbocycles. The van der Waals surface area contributed by atoms with Gasteiger partial charge in [-0.05, 0) is 12.3 Å². The highest BCUT2D eigenvalue weighted by molar-refractivity contribution is 5.88. The Balaban J connectivity index is 2.44. The van der Waals surface area contributed by atoms with Crippen LogP contribution < -0.4 is 0 Å². The first-order valence-corrected chi connectivity index (χ1v) is 3.24. The summed E-state index contributed by atoms with van der Waals surface area (Å²) in [7, 11) is 0. The summed E-state index contributed by atoms with van der Waals surface area (Å²) in [6.07, 6.45) is 2.32. The van der Waals surface area contributed by atoms with Crippen molar-refractivity contribution in [2.45, 2.75) is 25.9 Å². The van der Waals surface area contributed by atoms with Gasteiger partial charge in [0.15, 0.2) is 0 Å². The van der Waals surface area contributed by atoms with Crippen molar-refractivity contribution in [3.8, 4) is 0 Å². The molecular weight excluding hydrogens is 116 g/mol. The minimum atomic E-state index is -0.400. The molecule has 1 aliphatic carbocycles. The van der Waals surface area contributed by atoms with Gasteiger partial charge in [-0.3, -0.25) is 4.79 Å². The van der Waals surface area contributed by atoms with E-state index in [4.69, 9.17) is 5.11 Å². The molecule has 2 heteroatoms. The third-order valence-corrected chi connectivity index (χ3v) is 1.78. The van der Waals surface area contributed by atoms with Crippen LogP contribution >= 0.6 is 0 Å². The standard InChI is InChI=1S/C7H11O2/c1-5-2-3-6(8)4-7(5)9/h3,5,7,9H,2,4H2,1H3. The van der Waals surface area contributed by atoms with E-state index >= 15 is 0 Å². The van der Waals surface area contributed by atoms with Crippen molar-refractivity contribution in [2.75, 3.05) is 0 Å². The minimum absolute atomic E-state index is 0.0839. The molecule has 0 bridgehead atoms. The highest BCUT2D eigenvalue weighted by Crippen LogP contribution is 2.19.